The molecule has 2 aromatic rings. The van der Waals surface area contributed by atoms with Gasteiger partial charge in [0.1, 0.15) is 5.65 Å². The van der Waals surface area contributed by atoms with Crippen molar-refractivity contribution in [3.8, 4) is 0 Å². The van der Waals surface area contributed by atoms with Gasteiger partial charge in [0.2, 0.25) is 0 Å². The van der Waals surface area contributed by atoms with Crippen LogP contribution in [0, 0.1) is 5.92 Å². The van der Waals surface area contributed by atoms with Crippen molar-refractivity contribution in [2.24, 2.45) is 5.92 Å². The zero-order valence-electron chi connectivity index (χ0n) is 10.4. The molecule has 2 aromatic heterocycles. The minimum atomic E-state index is -0.0825. The Hall–Kier alpha value is -1.84. The van der Waals surface area contributed by atoms with E-state index in [1.54, 1.807) is 6.20 Å². The van der Waals surface area contributed by atoms with E-state index in [-0.39, 0.29) is 11.9 Å². The Morgan fingerprint density at radius 2 is 2.50 bits per heavy atom. The Kier molecular flexibility index (Phi) is 2.78. The number of esters is 1. The largest absolute Gasteiger partial charge is 0.466 e. The second-order valence-electron chi connectivity index (χ2n) is 4.65. The van der Waals surface area contributed by atoms with Gasteiger partial charge < -0.3 is 9.30 Å². The number of pyridine rings is 1. The molecular weight excluding hydrogens is 228 g/mol. The monoisotopic (exact) mass is 244 g/mol. The lowest BCUT2D eigenvalue weighted by molar-refractivity contribution is -0.149. The molecule has 18 heavy (non-hydrogen) atoms. The molecule has 0 spiro atoms. The van der Waals surface area contributed by atoms with Crippen LogP contribution in [0.5, 0.6) is 0 Å². The second-order valence-corrected chi connectivity index (χ2v) is 4.65. The van der Waals surface area contributed by atoms with Crippen LogP contribution in [0.3, 0.4) is 0 Å². The Balaban J connectivity index is 1.94. The van der Waals surface area contributed by atoms with E-state index in [1.165, 1.54) is 5.69 Å². The summed E-state index contributed by atoms with van der Waals surface area (Å²) in [5.41, 5.74) is 2.24. The highest BCUT2D eigenvalue weighted by Crippen LogP contribution is 2.27. The predicted molar refractivity (Wildman–Crippen MR) is 68.2 cm³/mol. The molecule has 4 heteroatoms. The van der Waals surface area contributed by atoms with Gasteiger partial charge in [0.05, 0.1) is 12.5 Å². The Morgan fingerprint density at radius 1 is 1.61 bits per heavy atom. The molecule has 3 rings (SSSR count). The molecule has 0 N–H and O–H groups in total. The van der Waals surface area contributed by atoms with Crippen LogP contribution in [-0.4, -0.2) is 22.1 Å². The van der Waals surface area contributed by atoms with Crippen molar-refractivity contribution in [2.75, 3.05) is 6.61 Å². The number of carbonyl (C=O) groups is 1. The number of aryl methyl sites for hydroxylation is 1. The number of hydrogen-bond acceptors (Lipinski definition) is 3. The summed E-state index contributed by atoms with van der Waals surface area (Å²) in [6, 6.07) is 6.17. The number of fused-ring (bicyclic) bond motifs is 3. The van der Waals surface area contributed by atoms with Gasteiger partial charge in [-0.05, 0) is 38.0 Å². The van der Waals surface area contributed by atoms with Gasteiger partial charge in [0.15, 0.2) is 0 Å². The van der Waals surface area contributed by atoms with Crippen LogP contribution in [0.25, 0.3) is 11.0 Å². The third kappa shape index (κ3) is 1.78. The first kappa shape index (κ1) is 11.3. The summed E-state index contributed by atoms with van der Waals surface area (Å²) >= 11 is 0. The van der Waals surface area contributed by atoms with E-state index in [0.29, 0.717) is 13.2 Å². The lowest BCUT2D eigenvalue weighted by Gasteiger charge is -2.23. The van der Waals surface area contributed by atoms with Crippen molar-refractivity contribution in [3.63, 3.8) is 0 Å². The fraction of sp³-hybridized carbons (Fsp3) is 0.429. The average molecular weight is 244 g/mol. The van der Waals surface area contributed by atoms with E-state index < -0.39 is 0 Å². The third-order valence-corrected chi connectivity index (χ3v) is 3.51. The normalized spacial score (nSPS) is 18.6. The van der Waals surface area contributed by atoms with Crippen LogP contribution in [-0.2, 0) is 22.5 Å². The quantitative estimate of drug-likeness (QED) is 0.760. The van der Waals surface area contributed by atoms with E-state index in [4.69, 9.17) is 4.74 Å². The van der Waals surface area contributed by atoms with Gasteiger partial charge in [-0.1, -0.05) is 0 Å². The second kappa shape index (κ2) is 4.44. The van der Waals surface area contributed by atoms with Gasteiger partial charge >= 0.3 is 5.97 Å². The van der Waals surface area contributed by atoms with Crippen LogP contribution in [0.2, 0.25) is 0 Å². The van der Waals surface area contributed by atoms with Crippen molar-refractivity contribution < 1.29 is 9.53 Å². The number of rotatable bonds is 2. The predicted octanol–water partition coefficient (Wildman–Crippen LogP) is 2.16. The molecule has 94 valence electrons. The van der Waals surface area contributed by atoms with Gasteiger partial charge in [-0.3, -0.25) is 4.79 Å². The Labute approximate surface area is 106 Å². The average Bonchev–Trinajstić information content (AvgIpc) is 2.76. The summed E-state index contributed by atoms with van der Waals surface area (Å²) in [5, 5.41) is 1.15. The molecule has 3 heterocycles. The summed E-state index contributed by atoms with van der Waals surface area (Å²) in [5.74, 6) is -0.115. The minimum Gasteiger partial charge on any atom is -0.466 e. The van der Waals surface area contributed by atoms with Gasteiger partial charge in [-0.25, -0.2) is 4.98 Å². The lowest BCUT2D eigenvalue weighted by Crippen LogP contribution is -2.28. The molecular formula is C14H16N2O2. The van der Waals surface area contributed by atoms with Gasteiger partial charge in [0, 0.05) is 23.8 Å². The number of ether oxygens (including phenoxy) is 1. The van der Waals surface area contributed by atoms with E-state index in [9.17, 15) is 4.79 Å². The van der Waals surface area contributed by atoms with Gasteiger partial charge in [0.25, 0.3) is 0 Å². The maximum Gasteiger partial charge on any atom is 0.310 e. The van der Waals surface area contributed by atoms with Crippen LogP contribution < -0.4 is 0 Å². The van der Waals surface area contributed by atoms with E-state index in [2.05, 4.69) is 21.7 Å². The summed E-state index contributed by atoms with van der Waals surface area (Å²) in [4.78, 5) is 16.2. The van der Waals surface area contributed by atoms with Crippen molar-refractivity contribution in [1.29, 1.82) is 0 Å². The molecule has 0 aromatic carbocycles. The maximum atomic E-state index is 11.8. The summed E-state index contributed by atoms with van der Waals surface area (Å²) in [7, 11) is 0. The standard InChI is InChI=1S/C14H16N2O2/c1-2-18-14(17)11-5-6-12-8-10-4-3-7-15-13(10)16(12)9-11/h3-4,7-8,11H,2,5-6,9H2,1H3. The molecule has 0 fully saturated rings. The third-order valence-electron chi connectivity index (χ3n) is 3.51. The van der Waals surface area contributed by atoms with Crippen molar-refractivity contribution in [3.05, 3.63) is 30.1 Å². The summed E-state index contributed by atoms with van der Waals surface area (Å²) < 4.78 is 7.27. The number of hydrogen-bond donors (Lipinski definition) is 0. The molecule has 0 amide bonds. The smallest absolute Gasteiger partial charge is 0.310 e. The number of nitrogens with zero attached hydrogens (tertiary/aromatic N) is 2. The zero-order valence-corrected chi connectivity index (χ0v) is 10.4. The molecule has 1 aliphatic rings. The number of aromatic nitrogens is 2. The van der Waals surface area contributed by atoms with Crippen molar-refractivity contribution in [2.45, 2.75) is 26.3 Å². The molecule has 0 radical (unpaired) electrons. The Morgan fingerprint density at radius 3 is 3.33 bits per heavy atom. The van der Waals surface area contributed by atoms with Gasteiger partial charge in [-0.2, -0.15) is 0 Å². The fourth-order valence-corrected chi connectivity index (χ4v) is 2.64. The van der Waals surface area contributed by atoms with Crippen LogP contribution in [0.15, 0.2) is 24.4 Å². The van der Waals surface area contributed by atoms with E-state index in [0.717, 1.165) is 23.9 Å². The maximum absolute atomic E-state index is 11.8. The highest BCUT2D eigenvalue weighted by molar-refractivity contribution is 5.78. The topological polar surface area (TPSA) is 44.1 Å². The first-order valence-electron chi connectivity index (χ1n) is 6.39. The Bertz CT molecular complexity index is 588. The zero-order chi connectivity index (χ0) is 12.5. The van der Waals surface area contributed by atoms with E-state index >= 15 is 0 Å². The fourth-order valence-electron chi connectivity index (χ4n) is 2.64. The first-order valence-corrected chi connectivity index (χ1v) is 6.39. The molecule has 0 bridgehead atoms. The molecule has 0 aliphatic carbocycles. The molecule has 4 nitrogen and oxygen atoms in total. The first-order chi connectivity index (χ1) is 8.79. The molecule has 0 saturated carbocycles. The SMILES string of the molecule is CCOC(=O)C1CCc2cc3cccnc3n2C1. The summed E-state index contributed by atoms with van der Waals surface area (Å²) in [6.07, 6.45) is 3.58. The van der Waals surface area contributed by atoms with E-state index in [1.807, 2.05) is 13.0 Å². The summed E-state index contributed by atoms with van der Waals surface area (Å²) in [6.45, 7) is 2.99. The van der Waals surface area contributed by atoms with Crippen LogP contribution in [0.4, 0.5) is 0 Å². The number of carbonyl (C=O) groups excluding carboxylic acids is 1. The molecule has 0 saturated heterocycles. The molecule has 1 atom stereocenters. The van der Waals surface area contributed by atoms with Crippen molar-refractivity contribution >= 4 is 17.0 Å². The highest BCUT2D eigenvalue weighted by atomic mass is 16.5. The lowest BCUT2D eigenvalue weighted by atomic mass is 9.98. The molecule has 1 unspecified atom stereocenters. The highest BCUT2D eigenvalue weighted by Gasteiger charge is 2.27. The van der Waals surface area contributed by atoms with Crippen LogP contribution in [0.1, 0.15) is 19.0 Å². The molecule has 1 aliphatic heterocycles. The van der Waals surface area contributed by atoms with Gasteiger partial charge in [-0.15, -0.1) is 0 Å². The minimum absolute atomic E-state index is 0.0324. The van der Waals surface area contributed by atoms with Crippen molar-refractivity contribution in [1.82, 2.24) is 9.55 Å². The van der Waals surface area contributed by atoms with Crippen LogP contribution >= 0.6 is 0 Å².